The summed E-state index contributed by atoms with van der Waals surface area (Å²) in [6.45, 7) is 9.03. The summed E-state index contributed by atoms with van der Waals surface area (Å²) in [5.74, 6) is 0.953. The number of likely N-dealkylation sites (N-methyl/N-ethyl adjacent to an activating group) is 1. The summed E-state index contributed by atoms with van der Waals surface area (Å²) in [5.41, 5.74) is 1.91. The Hall–Kier alpha value is -3.72. The molecule has 0 aliphatic carbocycles. The average Bonchev–Trinajstić information content (AvgIpc) is 3.52. The SMILES string of the molecule is C[C@H](NC(=O)N1CC2CCN(CC[C@](C)(CN(C)S(=O)(=O)c3ccccc3)c3ccccc3)CC2C1)c1cccc2ccccc12. The molecule has 0 saturated carbocycles. The molecule has 6 rings (SSSR count). The summed E-state index contributed by atoms with van der Waals surface area (Å²) >= 11 is 0. The molecule has 2 unspecified atom stereocenters. The maximum absolute atomic E-state index is 13.4. The maximum atomic E-state index is 13.4. The van der Waals surface area contributed by atoms with Gasteiger partial charge in [0.15, 0.2) is 0 Å². The molecule has 2 aliphatic heterocycles. The van der Waals surface area contributed by atoms with Gasteiger partial charge in [0.25, 0.3) is 0 Å². The molecule has 0 radical (unpaired) electrons. The first-order valence-corrected chi connectivity index (χ1v) is 17.9. The molecule has 0 spiro atoms. The van der Waals surface area contributed by atoms with E-state index in [-0.39, 0.29) is 17.5 Å². The number of amides is 2. The normalized spacial score (nSPS) is 20.7. The molecular formula is C38H46N4O3S. The van der Waals surface area contributed by atoms with Gasteiger partial charge in [-0.05, 0) is 78.7 Å². The standard InChI is InChI=1S/C38H46N4O3S/c1-29(35-20-12-14-30-13-10-11-19-36(30)35)39-37(43)42-26-31-21-23-41(25-32(31)27-42)24-22-38(2,33-15-6-4-7-16-33)28-40(3)46(44,45)34-17-8-5-9-18-34/h4-20,29,31-32H,21-28H2,1-3H3,(H,39,43)/t29-,31?,32?,38+/m0/s1. The number of nitrogens with zero attached hydrogens (tertiary/aromatic N) is 3. The Bertz CT molecular complexity index is 1740. The number of fused-ring (bicyclic) bond motifs is 2. The highest BCUT2D eigenvalue weighted by atomic mass is 32.2. The lowest BCUT2D eigenvalue weighted by atomic mass is 9.78. The molecule has 4 aromatic carbocycles. The number of hydrogen-bond donors (Lipinski definition) is 1. The van der Waals surface area contributed by atoms with Crippen molar-refractivity contribution in [2.75, 3.05) is 46.3 Å². The lowest BCUT2D eigenvalue weighted by molar-refractivity contribution is 0.135. The van der Waals surface area contributed by atoms with Gasteiger partial charge in [-0.25, -0.2) is 17.5 Å². The number of piperidine rings is 1. The number of rotatable bonds is 10. The molecule has 1 N–H and O–H groups in total. The predicted octanol–water partition coefficient (Wildman–Crippen LogP) is 6.53. The molecule has 0 aromatic heterocycles. The van der Waals surface area contributed by atoms with Gasteiger partial charge in [-0.1, -0.05) is 97.9 Å². The lowest BCUT2D eigenvalue weighted by Crippen LogP contribution is -2.45. The fourth-order valence-electron chi connectivity index (χ4n) is 7.50. The molecule has 4 aromatic rings. The van der Waals surface area contributed by atoms with Gasteiger partial charge >= 0.3 is 6.03 Å². The number of likely N-dealkylation sites (tertiary alicyclic amines) is 2. The van der Waals surface area contributed by atoms with Crippen LogP contribution < -0.4 is 5.32 Å². The maximum Gasteiger partial charge on any atom is 0.317 e. The van der Waals surface area contributed by atoms with Gasteiger partial charge < -0.3 is 15.1 Å². The molecule has 46 heavy (non-hydrogen) atoms. The molecule has 8 heteroatoms. The van der Waals surface area contributed by atoms with E-state index in [2.05, 4.69) is 66.5 Å². The second kappa shape index (κ2) is 13.6. The van der Waals surface area contributed by atoms with E-state index < -0.39 is 10.0 Å². The van der Waals surface area contributed by atoms with Crippen LogP contribution in [0.25, 0.3) is 10.8 Å². The van der Waals surface area contributed by atoms with Crippen LogP contribution in [0, 0.1) is 11.8 Å². The zero-order valence-electron chi connectivity index (χ0n) is 27.2. The van der Waals surface area contributed by atoms with Gasteiger partial charge in [0.1, 0.15) is 0 Å². The molecule has 2 saturated heterocycles. The van der Waals surface area contributed by atoms with Crippen LogP contribution in [0.15, 0.2) is 108 Å². The summed E-state index contributed by atoms with van der Waals surface area (Å²) in [5, 5.41) is 5.63. The zero-order valence-corrected chi connectivity index (χ0v) is 28.0. The van der Waals surface area contributed by atoms with Crippen LogP contribution in [0.2, 0.25) is 0 Å². The highest BCUT2D eigenvalue weighted by molar-refractivity contribution is 7.89. The third-order valence-corrected chi connectivity index (χ3v) is 12.1. The van der Waals surface area contributed by atoms with Crippen LogP contribution in [0.1, 0.15) is 43.9 Å². The average molecular weight is 639 g/mol. The van der Waals surface area contributed by atoms with E-state index in [0.717, 1.165) is 56.7 Å². The number of urea groups is 1. The van der Waals surface area contributed by atoms with Gasteiger partial charge in [0, 0.05) is 38.6 Å². The third kappa shape index (κ3) is 6.85. The van der Waals surface area contributed by atoms with Crippen molar-refractivity contribution in [1.82, 2.24) is 19.4 Å². The Labute approximate surface area is 274 Å². The second-order valence-electron chi connectivity index (χ2n) is 13.5. The van der Waals surface area contributed by atoms with Crippen molar-refractivity contribution in [3.63, 3.8) is 0 Å². The molecule has 2 fully saturated rings. The molecule has 2 aliphatic rings. The van der Waals surface area contributed by atoms with Crippen molar-refractivity contribution in [2.45, 2.75) is 43.0 Å². The Kier molecular flexibility index (Phi) is 9.50. The lowest BCUT2D eigenvalue weighted by Gasteiger charge is -2.39. The summed E-state index contributed by atoms with van der Waals surface area (Å²) in [4.78, 5) is 18.3. The number of carbonyl (C=O) groups excluding carboxylic acids is 1. The van der Waals surface area contributed by atoms with Crippen molar-refractivity contribution in [1.29, 1.82) is 0 Å². The Balaban J connectivity index is 1.08. The smallest absolute Gasteiger partial charge is 0.317 e. The van der Waals surface area contributed by atoms with Crippen LogP contribution in [0.4, 0.5) is 4.79 Å². The molecule has 0 bridgehead atoms. The van der Waals surface area contributed by atoms with Gasteiger partial charge in [-0.2, -0.15) is 0 Å². The fourth-order valence-corrected chi connectivity index (χ4v) is 8.82. The molecule has 242 valence electrons. The van der Waals surface area contributed by atoms with Crippen molar-refractivity contribution < 1.29 is 13.2 Å². The Morgan fingerprint density at radius 2 is 1.54 bits per heavy atom. The largest absolute Gasteiger partial charge is 0.331 e. The van der Waals surface area contributed by atoms with Crippen LogP contribution >= 0.6 is 0 Å². The van der Waals surface area contributed by atoms with E-state index in [1.807, 2.05) is 41.3 Å². The highest BCUT2D eigenvalue weighted by Gasteiger charge is 2.40. The summed E-state index contributed by atoms with van der Waals surface area (Å²) in [6.07, 6.45) is 1.90. The van der Waals surface area contributed by atoms with E-state index >= 15 is 0 Å². The fraction of sp³-hybridized carbons (Fsp3) is 0.395. The van der Waals surface area contributed by atoms with Crippen LogP contribution in [-0.4, -0.2) is 74.9 Å². The highest BCUT2D eigenvalue weighted by Crippen LogP contribution is 2.35. The van der Waals surface area contributed by atoms with E-state index in [0.29, 0.717) is 23.3 Å². The number of hydrogen-bond acceptors (Lipinski definition) is 4. The molecule has 7 nitrogen and oxygen atoms in total. The van der Waals surface area contributed by atoms with Gasteiger partial charge in [0.05, 0.1) is 10.9 Å². The molecule has 2 heterocycles. The third-order valence-electron chi connectivity index (χ3n) is 10.3. The second-order valence-corrected chi connectivity index (χ2v) is 15.5. The number of sulfonamides is 1. The van der Waals surface area contributed by atoms with E-state index in [9.17, 15) is 13.2 Å². The first kappa shape index (κ1) is 32.2. The van der Waals surface area contributed by atoms with Gasteiger partial charge in [-0.3, -0.25) is 0 Å². The minimum absolute atomic E-state index is 0.0145. The summed E-state index contributed by atoms with van der Waals surface area (Å²) in [6, 6.07) is 33.5. The molecule has 2 amide bonds. The van der Waals surface area contributed by atoms with E-state index in [1.165, 1.54) is 15.1 Å². The topological polar surface area (TPSA) is 73.0 Å². The monoisotopic (exact) mass is 638 g/mol. The number of nitrogens with one attached hydrogen (secondary N) is 1. The Morgan fingerprint density at radius 1 is 0.891 bits per heavy atom. The van der Waals surface area contributed by atoms with Crippen molar-refractivity contribution in [3.8, 4) is 0 Å². The predicted molar refractivity (Wildman–Crippen MR) is 185 cm³/mol. The molecular weight excluding hydrogens is 593 g/mol. The minimum Gasteiger partial charge on any atom is -0.331 e. The van der Waals surface area contributed by atoms with Crippen LogP contribution in [0.3, 0.4) is 0 Å². The minimum atomic E-state index is -3.61. The van der Waals surface area contributed by atoms with Crippen LogP contribution in [0.5, 0.6) is 0 Å². The number of carbonyl (C=O) groups is 1. The summed E-state index contributed by atoms with van der Waals surface area (Å²) < 4.78 is 28.4. The van der Waals surface area contributed by atoms with E-state index in [4.69, 9.17) is 0 Å². The first-order valence-electron chi connectivity index (χ1n) is 16.5. The summed E-state index contributed by atoms with van der Waals surface area (Å²) in [7, 11) is -1.92. The zero-order chi connectivity index (χ0) is 32.3. The quantitative estimate of drug-likeness (QED) is 0.214. The van der Waals surface area contributed by atoms with Crippen molar-refractivity contribution in [3.05, 3.63) is 114 Å². The van der Waals surface area contributed by atoms with Gasteiger partial charge in [0.2, 0.25) is 10.0 Å². The van der Waals surface area contributed by atoms with E-state index in [1.54, 1.807) is 31.3 Å². The van der Waals surface area contributed by atoms with Crippen molar-refractivity contribution in [2.24, 2.45) is 11.8 Å². The first-order chi connectivity index (χ1) is 22.1. The van der Waals surface area contributed by atoms with Gasteiger partial charge in [-0.15, -0.1) is 0 Å². The number of benzene rings is 4. The van der Waals surface area contributed by atoms with Crippen LogP contribution in [-0.2, 0) is 15.4 Å². The van der Waals surface area contributed by atoms with Crippen molar-refractivity contribution >= 4 is 26.8 Å². The Morgan fingerprint density at radius 3 is 2.30 bits per heavy atom. The molecule has 4 atom stereocenters.